The molecule has 0 saturated heterocycles. The Labute approximate surface area is 116 Å². The average molecular weight is 275 g/mol. The van der Waals surface area contributed by atoms with Crippen molar-refractivity contribution in [1.29, 1.82) is 0 Å². The maximum Gasteiger partial charge on any atom is 0.389 e. The maximum absolute atomic E-state index is 11.9. The van der Waals surface area contributed by atoms with Crippen molar-refractivity contribution in [3.05, 3.63) is 6.92 Å². The summed E-state index contributed by atoms with van der Waals surface area (Å²) in [5, 5.41) is 0. The highest BCUT2D eigenvalue weighted by molar-refractivity contribution is 4.98. The summed E-state index contributed by atoms with van der Waals surface area (Å²) in [6.45, 7) is 3.72. The maximum atomic E-state index is 11.9. The van der Waals surface area contributed by atoms with Crippen molar-refractivity contribution in [2.24, 2.45) is 0 Å². The van der Waals surface area contributed by atoms with Crippen molar-refractivity contribution < 1.29 is 13.2 Å². The third-order valence-corrected chi connectivity index (χ3v) is 2.94. The molecule has 0 unspecified atom stereocenters. The number of halogens is 3. The summed E-state index contributed by atoms with van der Waals surface area (Å²) in [4.78, 5) is 0. The van der Waals surface area contributed by atoms with Crippen molar-refractivity contribution in [3.63, 3.8) is 0 Å². The van der Waals surface area contributed by atoms with Gasteiger partial charge in [-0.25, -0.2) is 0 Å². The van der Waals surface area contributed by atoms with E-state index < -0.39 is 12.6 Å². The lowest BCUT2D eigenvalue weighted by Crippen LogP contribution is -2.06. The molecule has 0 aromatic heterocycles. The smallest absolute Gasteiger partial charge is 0.171 e. The van der Waals surface area contributed by atoms with E-state index in [1.165, 1.54) is 12.8 Å². The van der Waals surface area contributed by atoms with Crippen molar-refractivity contribution in [1.82, 2.24) is 0 Å². The van der Waals surface area contributed by atoms with Gasteiger partial charge in [-0.1, -0.05) is 45.4 Å². The molecule has 0 aliphatic heterocycles. The molecule has 0 atom stereocenters. The number of hydrogen-bond acceptors (Lipinski definition) is 0. The quantitative estimate of drug-likeness (QED) is 0.335. The van der Waals surface area contributed by atoms with E-state index >= 15 is 0 Å². The fourth-order valence-corrected chi connectivity index (χ4v) is 1.86. The van der Waals surface area contributed by atoms with E-state index in [0.29, 0.717) is 6.42 Å². The van der Waals surface area contributed by atoms with Crippen molar-refractivity contribution in [3.8, 4) is 11.8 Å². The van der Waals surface area contributed by atoms with E-state index in [1.807, 2.05) is 0 Å². The molecule has 0 nitrogen and oxygen atoms in total. The molecule has 19 heavy (non-hydrogen) atoms. The predicted octanol–water partition coefficient (Wildman–Crippen LogP) is 6.07. The number of unbranched alkanes of at least 4 members (excludes halogenated alkanes) is 9. The first-order chi connectivity index (χ1) is 9.06. The molecule has 0 bridgehead atoms. The molecule has 0 fully saturated rings. The van der Waals surface area contributed by atoms with Gasteiger partial charge in [0, 0.05) is 19.3 Å². The summed E-state index contributed by atoms with van der Waals surface area (Å²) in [6.07, 6.45) is 5.74. The standard InChI is InChI=1S/C16H26F3/c1-2-3-4-5-6-7-8-9-10-11-12-13-14-15-16(17,18)19/h1-3,6-15H2. The first kappa shape index (κ1) is 18.4. The van der Waals surface area contributed by atoms with Gasteiger partial charge in [-0.3, -0.25) is 0 Å². The van der Waals surface area contributed by atoms with Gasteiger partial charge in [0.1, 0.15) is 0 Å². The van der Waals surface area contributed by atoms with Gasteiger partial charge in [0.25, 0.3) is 0 Å². The molecule has 0 amide bonds. The second-order valence-electron chi connectivity index (χ2n) is 4.90. The third-order valence-electron chi connectivity index (χ3n) is 2.94. The zero-order valence-corrected chi connectivity index (χ0v) is 11.8. The van der Waals surface area contributed by atoms with Crippen LogP contribution in [0.5, 0.6) is 0 Å². The second-order valence-corrected chi connectivity index (χ2v) is 4.90. The van der Waals surface area contributed by atoms with Gasteiger partial charge in [0.2, 0.25) is 0 Å². The van der Waals surface area contributed by atoms with Gasteiger partial charge in [-0.15, -0.1) is 11.8 Å². The van der Waals surface area contributed by atoms with Gasteiger partial charge in [-0.2, -0.15) is 13.2 Å². The minimum Gasteiger partial charge on any atom is -0.171 e. The van der Waals surface area contributed by atoms with Crippen LogP contribution in [0.15, 0.2) is 0 Å². The van der Waals surface area contributed by atoms with Crippen LogP contribution in [0.3, 0.4) is 0 Å². The van der Waals surface area contributed by atoms with Gasteiger partial charge >= 0.3 is 6.18 Å². The Kier molecular flexibility index (Phi) is 12.0. The minimum atomic E-state index is -3.98. The summed E-state index contributed by atoms with van der Waals surface area (Å²) in [5.74, 6) is 6.19. The van der Waals surface area contributed by atoms with Crippen LogP contribution in [0.4, 0.5) is 13.2 Å². The average Bonchev–Trinajstić information content (AvgIpc) is 2.34. The molecular weight excluding hydrogens is 249 g/mol. The van der Waals surface area contributed by atoms with Gasteiger partial charge in [-0.05, 0) is 19.3 Å². The molecule has 0 aromatic carbocycles. The van der Waals surface area contributed by atoms with Crippen LogP contribution in [-0.4, -0.2) is 6.18 Å². The van der Waals surface area contributed by atoms with Crippen LogP contribution < -0.4 is 0 Å². The van der Waals surface area contributed by atoms with Crippen LogP contribution in [0.1, 0.15) is 77.0 Å². The minimum absolute atomic E-state index is 0.283. The highest BCUT2D eigenvalue weighted by atomic mass is 19.4. The molecule has 111 valence electrons. The van der Waals surface area contributed by atoms with E-state index in [2.05, 4.69) is 18.8 Å². The molecule has 0 aliphatic rings. The van der Waals surface area contributed by atoms with Crippen molar-refractivity contribution >= 4 is 0 Å². The van der Waals surface area contributed by atoms with Gasteiger partial charge in [0.05, 0.1) is 0 Å². The summed E-state index contributed by atoms with van der Waals surface area (Å²) >= 11 is 0. The summed E-state index contributed by atoms with van der Waals surface area (Å²) in [5.41, 5.74) is 0. The van der Waals surface area contributed by atoms with Crippen LogP contribution in [0, 0.1) is 18.8 Å². The topological polar surface area (TPSA) is 0 Å². The normalized spacial score (nSPS) is 11.2. The third kappa shape index (κ3) is 17.4. The summed E-state index contributed by atoms with van der Waals surface area (Å²) in [6, 6.07) is 0. The number of alkyl halides is 3. The predicted molar refractivity (Wildman–Crippen MR) is 74.6 cm³/mol. The second kappa shape index (κ2) is 12.4. The van der Waals surface area contributed by atoms with Crippen LogP contribution >= 0.6 is 0 Å². The fourth-order valence-electron chi connectivity index (χ4n) is 1.86. The Morgan fingerprint density at radius 1 is 0.684 bits per heavy atom. The lowest BCUT2D eigenvalue weighted by Gasteiger charge is -2.05. The molecule has 0 spiro atoms. The molecule has 0 aliphatic carbocycles. The molecule has 0 N–H and O–H groups in total. The van der Waals surface area contributed by atoms with Crippen molar-refractivity contribution in [2.75, 3.05) is 0 Å². The number of rotatable bonds is 10. The van der Waals surface area contributed by atoms with E-state index in [0.717, 1.165) is 44.9 Å². The molecule has 3 heteroatoms. The Hall–Kier alpha value is -0.650. The highest BCUT2D eigenvalue weighted by Crippen LogP contribution is 2.23. The van der Waals surface area contributed by atoms with E-state index in [9.17, 15) is 13.2 Å². The first-order valence-electron chi connectivity index (χ1n) is 7.38. The van der Waals surface area contributed by atoms with Crippen molar-refractivity contribution in [2.45, 2.75) is 83.2 Å². The molecule has 0 rings (SSSR count). The van der Waals surface area contributed by atoms with Crippen LogP contribution in [-0.2, 0) is 0 Å². The highest BCUT2D eigenvalue weighted by Gasteiger charge is 2.25. The Morgan fingerprint density at radius 2 is 1.16 bits per heavy atom. The molecule has 0 saturated carbocycles. The van der Waals surface area contributed by atoms with Gasteiger partial charge in [0.15, 0.2) is 0 Å². The molecule has 1 radical (unpaired) electrons. The Bertz CT molecular complexity index is 245. The van der Waals surface area contributed by atoms with E-state index in [-0.39, 0.29) is 6.42 Å². The first-order valence-corrected chi connectivity index (χ1v) is 7.38. The zero-order valence-electron chi connectivity index (χ0n) is 11.8. The molecule has 0 aromatic rings. The largest absolute Gasteiger partial charge is 0.389 e. The molecule has 0 heterocycles. The lowest BCUT2D eigenvalue weighted by atomic mass is 10.1. The lowest BCUT2D eigenvalue weighted by molar-refractivity contribution is -0.135. The SMILES string of the molecule is [CH2]CCC#CCCCCCCCCCCC(F)(F)F. The van der Waals surface area contributed by atoms with E-state index in [4.69, 9.17) is 0 Å². The van der Waals surface area contributed by atoms with Crippen LogP contribution in [0.25, 0.3) is 0 Å². The molecular formula is C16H26F3. The van der Waals surface area contributed by atoms with E-state index in [1.54, 1.807) is 0 Å². The fraction of sp³-hybridized carbons (Fsp3) is 0.812. The number of hydrogen-bond donors (Lipinski definition) is 0. The zero-order chi connectivity index (χ0) is 14.4. The monoisotopic (exact) mass is 275 g/mol. The summed E-state index contributed by atoms with van der Waals surface area (Å²) in [7, 11) is 0. The summed E-state index contributed by atoms with van der Waals surface area (Å²) < 4.78 is 35.6. The van der Waals surface area contributed by atoms with Gasteiger partial charge < -0.3 is 0 Å². The Balaban J connectivity index is 3.10. The van der Waals surface area contributed by atoms with Crippen LogP contribution in [0.2, 0.25) is 0 Å². The Morgan fingerprint density at radius 3 is 1.68 bits per heavy atom.